The van der Waals surface area contributed by atoms with Crippen molar-refractivity contribution in [2.45, 2.75) is 45.7 Å². The lowest BCUT2D eigenvalue weighted by molar-refractivity contribution is 0.0937. The van der Waals surface area contributed by atoms with E-state index in [1.165, 1.54) is 0 Å². The zero-order chi connectivity index (χ0) is 27.9. The molecule has 2 aromatic rings. The molecule has 39 heavy (non-hydrogen) atoms. The van der Waals surface area contributed by atoms with Crippen LogP contribution < -0.4 is 21.1 Å². The Morgan fingerprint density at radius 1 is 1.18 bits per heavy atom. The first-order valence-electron chi connectivity index (χ1n) is 13.9. The number of nitrogens with zero attached hydrogens (tertiary/aromatic N) is 3. The number of amides is 3. The molecule has 0 radical (unpaired) electrons. The molecule has 0 spiro atoms. The Bertz CT molecular complexity index is 1160. The van der Waals surface area contributed by atoms with Crippen LogP contribution in [0.3, 0.4) is 0 Å². The van der Waals surface area contributed by atoms with Crippen molar-refractivity contribution < 1.29 is 14.3 Å². The van der Waals surface area contributed by atoms with Gasteiger partial charge in [-0.1, -0.05) is 25.4 Å². The zero-order valence-corrected chi connectivity index (χ0v) is 24.0. The van der Waals surface area contributed by atoms with E-state index < -0.39 is 0 Å². The molecule has 0 aromatic heterocycles. The number of carbonyl (C=O) groups excluding carboxylic acids is 2. The van der Waals surface area contributed by atoms with E-state index in [-0.39, 0.29) is 18.0 Å². The molecule has 0 aliphatic carbocycles. The molecule has 2 heterocycles. The summed E-state index contributed by atoms with van der Waals surface area (Å²) in [5.74, 6) is 0.654. The van der Waals surface area contributed by atoms with Crippen molar-refractivity contribution in [3.8, 4) is 5.75 Å². The second-order valence-electron chi connectivity index (χ2n) is 10.2. The number of methoxy groups -OCH3 is 1. The van der Waals surface area contributed by atoms with E-state index in [4.69, 9.17) is 22.1 Å². The van der Waals surface area contributed by atoms with Crippen molar-refractivity contribution in [2.75, 3.05) is 64.0 Å². The van der Waals surface area contributed by atoms with Crippen LogP contribution >= 0.6 is 11.6 Å². The number of hydrogen-bond donors (Lipinski definition) is 3. The number of halogens is 1. The molecule has 0 bridgehead atoms. The van der Waals surface area contributed by atoms with Gasteiger partial charge in [-0.05, 0) is 73.8 Å². The summed E-state index contributed by atoms with van der Waals surface area (Å²) in [6.07, 6.45) is 2.61. The third-order valence-corrected chi connectivity index (χ3v) is 8.23. The third kappa shape index (κ3) is 7.15. The Kier molecular flexibility index (Phi) is 9.94. The predicted octanol–water partition coefficient (Wildman–Crippen LogP) is 4.06. The zero-order valence-electron chi connectivity index (χ0n) is 23.3. The molecule has 0 unspecified atom stereocenters. The van der Waals surface area contributed by atoms with Gasteiger partial charge in [0.1, 0.15) is 5.75 Å². The molecule has 9 nitrogen and oxygen atoms in total. The topological polar surface area (TPSA) is 103 Å². The van der Waals surface area contributed by atoms with Crippen LogP contribution in [0, 0.1) is 0 Å². The molecule has 2 aliphatic rings. The van der Waals surface area contributed by atoms with Crippen LogP contribution in [0.1, 0.15) is 48.2 Å². The van der Waals surface area contributed by atoms with Gasteiger partial charge in [0.15, 0.2) is 0 Å². The molecule has 1 saturated heterocycles. The van der Waals surface area contributed by atoms with E-state index in [9.17, 15) is 9.59 Å². The van der Waals surface area contributed by atoms with E-state index >= 15 is 0 Å². The summed E-state index contributed by atoms with van der Waals surface area (Å²) in [6, 6.07) is 9.45. The molecule has 4 rings (SSSR count). The van der Waals surface area contributed by atoms with Crippen molar-refractivity contribution in [3.63, 3.8) is 0 Å². The van der Waals surface area contributed by atoms with Crippen LogP contribution in [-0.4, -0.2) is 85.6 Å². The highest BCUT2D eigenvalue weighted by atomic mass is 35.5. The van der Waals surface area contributed by atoms with Crippen LogP contribution in [0.2, 0.25) is 5.02 Å². The summed E-state index contributed by atoms with van der Waals surface area (Å²) in [5.41, 5.74) is 10.1. The molecular weight excluding hydrogens is 516 g/mol. The van der Waals surface area contributed by atoms with Gasteiger partial charge in [-0.15, -0.1) is 0 Å². The van der Waals surface area contributed by atoms with Crippen LogP contribution in [0.25, 0.3) is 0 Å². The van der Waals surface area contributed by atoms with Gasteiger partial charge in [-0.2, -0.15) is 0 Å². The van der Waals surface area contributed by atoms with Crippen molar-refractivity contribution in [3.05, 3.63) is 52.0 Å². The molecule has 4 N–H and O–H groups in total. The Morgan fingerprint density at radius 3 is 2.62 bits per heavy atom. The maximum Gasteiger partial charge on any atom is 0.322 e. The number of hydrogen-bond acceptors (Lipinski definition) is 6. The van der Waals surface area contributed by atoms with Gasteiger partial charge in [0.25, 0.3) is 5.91 Å². The van der Waals surface area contributed by atoms with Gasteiger partial charge in [0, 0.05) is 56.6 Å². The van der Waals surface area contributed by atoms with Gasteiger partial charge in [-0.25, -0.2) is 4.79 Å². The summed E-state index contributed by atoms with van der Waals surface area (Å²) < 4.78 is 5.34. The summed E-state index contributed by atoms with van der Waals surface area (Å²) in [6.45, 7) is 10.4. The van der Waals surface area contributed by atoms with Crippen LogP contribution in [0.4, 0.5) is 16.2 Å². The predicted molar refractivity (Wildman–Crippen MR) is 157 cm³/mol. The first-order chi connectivity index (χ1) is 18.8. The average Bonchev–Trinajstić information content (AvgIpc) is 3.11. The van der Waals surface area contributed by atoms with Crippen LogP contribution in [0.5, 0.6) is 5.75 Å². The molecule has 0 atom stereocenters. The van der Waals surface area contributed by atoms with E-state index in [0.717, 1.165) is 74.6 Å². The smallest absolute Gasteiger partial charge is 0.322 e. The standard InChI is InChI=1S/C29H41ClN6O3/c1-4-34(5-2)19-22-16-21(18-25(30)27(22)31)28(37)32-11-15-35-12-9-23(10-13-35)36-14-8-20-17-24(39-3)6-7-26(20)33-29(36)38/h6-7,16-18,23H,4-5,8-15,19,31H2,1-3H3,(H,32,37)(H,33,38). The number of anilines is 2. The fourth-order valence-electron chi connectivity index (χ4n) is 5.41. The fraction of sp³-hybridized carbons (Fsp3) is 0.517. The highest BCUT2D eigenvalue weighted by Crippen LogP contribution is 2.28. The van der Waals surface area contributed by atoms with E-state index in [0.29, 0.717) is 35.9 Å². The number of urea groups is 1. The number of carbonyl (C=O) groups is 2. The SMILES string of the molecule is CCN(CC)Cc1cc(C(=O)NCCN2CCC(N3CCc4cc(OC)ccc4NC3=O)CC2)cc(Cl)c1N. The number of rotatable bonds is 10. The Labute approximate surface area is 236 Å². The highest BCUT2D eigenvalue weighted by Gasteiger charge is 2.30. The lowest BCUT2D eigenvalue weighted by Crippen LogP contribution is -2.49. The maximum absolute atomic E-state index is 13.0. The first kappa shape index (κ1) is 29.0. The third-order valence-electron chi connectivity index (χ3n) is 7.91. The fourth-order valence-corrected chi connectivity index (χ4v) is 5.65. The summed E-state index contributed by atoms with van der Waals surface area (Å²) in [5, 5.41) is 6.51. The van der Waals surface area contributed by atoms with Gasteiger partial charge in [-0.3, -0.25) is 9.69 Å². The largest absolute Gasteiger partial charge is 0.497 e. The van der Waals surface area contributed by atoms with Gasteiger partial charge < -0.3 is 30.9 Å². The summed E-state index contributed by atoms with van der Waals surface area (Å²) in [4.78, 5) is 32.4. The minimum Gasteiger partial charge on any atom is -0.497 e. The number of likely N-dealkylation sites (tertiary alicyclic amines) is 1. The normalized spacial score (nSPS) is 16.5. The number of benzene rings is 2. The molecule has 3 amide bonds. The van der Waals surface area contributed by atoms with Crippen molar-refractivity contribution in [1.29, 1.82) is 0 Å². The van der Waals surface area contributed by atoms with Crippen molar-refractivity contribution in [1.82, 2.24) is 20.0 Å². The van der Waals surface area contributed by atoms with E-state index in [2.05, 4.69) is 34.3 Å². The number of fused-ring (bicyclic) bond motifs is 1. The molecule has 2 aromatic carbocycles. The first-order valence-corrected chi connectivity index (χ1v) is 14.3. The lowest BCUT2D eigenvalue weighted by atomic mass is 10.0. The number of nitrogens with two attached hydrogens (primary N) is 1. The minimum absolute atomic E-state index is 0.0350. The Morgan fingerprint density at radius 2 is 1.92 bits per heavy atom. The minimum atomic E-state index is -0.148. The van der Waals surface area contributed by atoms with E-state index in [1.54, 1.807) is 13.2 Å². The number of nitrogen functional groups attached to an aromatic ring is 1. The van der Waals surface area contributed by atoms with Crippen LogP contribution in [-0.2, 0) is 13.0 Å². The molecular formula is C29H41ClN6O3. The van der Waals surface area contributed by atoms with Crippen molar-refractivity contribution >= 4 is 34.9 Å². The lowest BCUT2D eigenvalue weighted by Gasteiger charge is -2.38. The molecule has 10 heteroatoms. The molecule has 212 valence electrons. The second kappa shape index (κ2) is 13.4. The molecule has 0 saturated carbocycles. The van der Waals surface area contributed by atoms with Gasteiger partial charge >= 0.3 is 6.03 Å². The van der Waals surface area contributed by atoms with Crippen LogP contribution in [0.15, 0.2) is 30.3 Å². The van der Waals surface area contributed by atoms with Gasteiger partial charge in [0.2, 0.25) is 0 Å². The van der Waals surface area contributed by atoms with E-state index in [1.807, 2.05) is 29.2 Å². The van der Waals surface area contributed by atoms with Gasteiger partial charge in [0.05, 0.1) is 17.8 Å². The second-order valence-corrected chi connectivity index (χ2v) is 10.6. The summed E-state index contributed by atoms with van der Waals surface area (Å²) >= 11 is 6.36. The average molecular weight is 557 g/mol. The number of ether oxygens (including phenoxy) is 1. The number of piperidine rings is 1. The number of nitrogens with one attached hydrogen (secondary N) is 2. The monoisotopic (exact) mass is 556 g/mol. The summed E-state index contributed by atoms with van der Waals surface area (Å²) in [7, 11) is 1.65. The maximum atomic E-state index is 13.0. The quantitative estimate of drug-likeness (QED) is 0.381. The van der Waals surface area contributed by atoms with Crippen molar-refractivity contribution in [2.24, 2.45) is 0 Å². The highest BCUT2D eigenvalue weighted by molar-refractivity contribution is 6.33. The Hall–Kier alpha value is -3.01. The Balaban J connectivity index is 1.25. The molecule has 2 aliphatic heterocycles. The molecule has 1 fully saturated rings.